The molecule has 0 saturated carbocycles. The van der Waals surface area contributed by atoms with Crippen molar-refractivity contribution in [2.75, 3.05) is 21.3 Å². The van der Waals surface area contributed by atoms with Crippen LogP contribution in [0.3, 0.4) is 0 Å². The Morgan fingerprint density at radius 2 is 1.35 bits per heavy atom. The van der Waals surface area contributed by atoms with Crippen LogP contribution in [0.25, 0.3) is 0 Å². The minimum atomic E-state index is -4.36. The van der Waals surface area contributed by atoms with Gasteiger partial charge in [0, 0.05) is 32.5 Å². The SMILES string of the molecule is COC1C(C)OC(ON=Cc2ccc(C#Cc3ccc(C(F)(F)F)cc3)cc2)C(OC)C1OC. The van der Waals surface area contributed by atoms with Crippen molar-refractivity contribution in [2.45, 2.75) is 43.8 Å². The lowest BCUT2D eigenvalue weighted by Crippen LogP contribution is -2.59. The minimum absolute atomic E-state index is 0.288. The highest BCUT2D eigenvalue weighted by Gasteiger charge is 2.46. The molecule has 34 heavy (non-hydrogen) atoms. The van der Waals surface area contributed by atoms with Gasteiger partial charge in [-0.3, -0.25) is 0 Å². The Bertz CT molecular complexity index is 1010. The third kappa shape index (κ3) is 6.36. The van der Waals surface area contributed by atoms with Crippen LogP contribution in [0.1, 0.15) is 29.2 Å². The maximum absolute atomic E-state index is 12.6. The Morgan fingerprint density at radius 3 is 1.85 bits per heavy atom. The molecule has 1 aliphatic rings. The molecule has 1 aliphatic heterocycles. The Hall–Kier alpha value is -2.90. The van der Waals surface area contributed by atoms with Gasteiger partial charge >= 0.3 is 6.18 Å². The molecule has 0 N–H and O–H groups in total. The molecular formula is C25H26F3NO5. The van der Waals surface area contributed by atoms with Gasteiger partial charge in [-0.1, -0.05) is 29.1 Å². The van der Waals surface area contributed by atoms with Crippen LogP contribution >= 0.6 is 0 Å². The molecule has 1 fully saturated rings. The van der Waals surface area contributed by atoms with Gasteiger partial charge in [-0.25, -0.2) is 0 Å². The highest BCUT2D eigenvalue weighted by Crippen LogP contribution is 2.29. The molecule has 0 aliphatic carbocycles. The number of hydrogen-bond acceptors (Lipinski definition) is 6. The molecule has 0 bridgehead atoms. The molecule has 182 valence electrons. The van der Waals surface area contributed by atoms with Crippen molar-refractivity contribution in [3.63, 3.8) is 0 Å². The summed E-state index contributed by atoms with van der Waals surface area (Å²) in [6, 6.07) is 11.9. The fourth-order valence-corrected chi connectivity index (χ4v) is 3.59. The van der Waals surface area contributed by atoms with E-state index in [0.717, 1.165) is 17.7 Å². The van der Waals surface area contributed by atoms with Gasteiger partial charge in [-0.2, -0.15) is 13.2 Å². The molecule has 3 rings (SSSR count). The van der Waals surface area contributed by atoms with Crippen molar-refractivity contribution in [1.82, 2.24) is 0 Å². The van der Waals surface area contributed by atoms with Crippen LogP contribution in [0.15, 0.2) is 53.7 Å². The first-order valence-electron chi connectivity index (χ1n) is 10.5. The largest absolute Gasteiger partial charge is 0.416 e. The third-order valence-corrected chi connectivity index (χ3v) is 5.38. The Morgan fingerprint density at radius 1 is 0.824 bits per heavy atom. The fourth-order valence-electron chi connectivity index (χ4n) is 3.59. The highest BCUT2D eigenvalue weighted by molar-refractivity contribution is 5.79. The Balaban J connectivity index is 1.60. The fraction of sp³-hybridized carbons (Fsp3) is 0.400. The molecule has 6 nitrogen and oxygen atoms in total. The lowest BCUT2D eigenvalue weighted by atomic mass is 9.99. The first-order chi connectivity index (χ1) is 16.3. The molecule has 0 aromatic heterocycles. The molecule has 5 unspecified atom stereocenters. The van der Waals surface area contributed by atoms with E-state index in [1.165, 1.54) is 25.5 Å². The highest BCUT2D eigenvalue weighted by atomic mass is 19.4. The third-order valence-electron chi connectivity index (χ3n) is 5.38. The number of hydrogen-bond donors (Lipinski definition) is 0. The molecular weight excluding hydrogens is 451 g/mol. The smallest absolute Gasteiger partial charge is 0.376 e. The summed E-state index contributed by atoms with van der Waals surface area (Å²) in [6.07, 6.45) is -5.14. The standard InChI is InChI=1S/C25H26F3NO5/c1-16-21(30-2)22(31-3)23(32-4)24(33-16)34-29-15-19-9-7-17(8-10-19)5-6-18-11-13-20(14-12-18)25(26,27)28/h7-16,21-24H,1-4H3. The van der Waals surface area contributed by atoms with Gasteiger partial charge in [0.05, 0.1) is 17.9 Å². The molecule has 0 radical (unpaired) electrons. The zero-order valence-electron chi connectivity index (χ0n) is 19.2. The van der Waals surface area contributed by atoms with Gasteiger partial charge in [-0.05, 0) is 48.9 Å². The van der Waals surface area contributed by atoms with Crippen molar-refractivity contribution in [3.05, 3.63) is 70.8 Å². The summed E-state index contributed by atoms with van der Waals surface area (Å²) in [5.74, 6) is 5.77. The number of alkyl halides is 3. The number of ether oxygens (including phenoxy) is 4. The van der Waals surface area contributed by atoms with Gasteiger partial charge in [0.2, 0.25) is 0 Å². The molecule has 5 atom stereocenters. The molecule has 2 aromatic rings. The predicted octanol–water partition coefficient (Wildman–Crippen LogP) is 4.25. The lowest BCUT2D eigenvalue weighted by molar-refractivity contribution is -0.305. The zero-order chi connectivity index (χ0) is 24.7. The van der Waals surface area contributed by atoms with E-state index in [9.17, 15) is 13.2 Å². The number of nitrogens with zero attached hydrogens (tertiary/aromatic N) is 1. The number of halogens is 3. The predicted molar refractivity (Wildman–Crippen MR) is 119 cm³/mol. The van der Waals surface area contributed by atoms with E-state index in [4.69, 9.17) is 23.8 Å². The van der Waals surface area contributed by atoms with Gasteiger partial charge < -0.3 is 23.8 Å². The summed E-state index contributed by atoms with van der Waals surface area (Å²) >= 11 is 0. The van der Waals surface area contributed by atoms with E-state index in [-0.39, 0.29) is 18.3 Å². The van der Waals surface area contributed by atoms with Crippen molar-refractivity contribution in [1.29, 1.82) is 0 Å². The zero-order valence-corrected chi connectivity index (χ0v) is 19.2. The monoisotopic (exact) mass is 477 g/mol. The van der Waals surface area contributed by atoms with Crippen molar-refractivity contribution < 1.29 is 37.0 Å². The van der Waals surface area contributed by atoms with E-state index in [1.807, 2.05) is 6.92 Å². The van der Waals surface area contributed by atoms with E-state index in [2.05, 4.69) is 17.0 Å². The maximum Gasteiger partial charge on any atom is 0.416 e. The lowest BCUT2D eigenvalue weighted by Gasteiger charge is -2.42. The maximum atomic E-state index is 12.6. The normalized spacial score (nSPS) is 25.1. The molecule has 1 saturated heterocycles. The molecule has 0 spiro atoms. The van der Waals surface area contributed by atoms with Crippen LogP contribution in [0.5, 0.6) is 0 Å². The Kier molecular flexibility index (Phi) is 8.69. The first kappa shape index (κ1) is 25.7. The second-order valence-corrected chi connectivity index (χ2v) is 7.60. The quantitative estimate of drug-likeness (QED) is 0.354. The average Bonchev–Trinajstić information content (AvgIpc) is 2.82. The molecule has 2 aromatic carbocycles. The van der Waals surface area contributed by atoms with Crippen molar-refractivity contribution in [3.8, 4) is 11.8 Å². The van der Waals surface area contributed by atoms with Crippen LogP contribution in [0, 0.1) is 11.8 Å². The first-order valence-corrected chi connectivity index (χ1v) is 10.5. The number of benzene rings is 2. The molecule has 9 heteroatoms. The Labute approximate surface area is 196 Å². The summed E-state index contributed by atoms with van der Waals surface area (Å²) < 4.78 is 60.2. The van der Waals surface area contributed by atoms with Crippen molar-refractivity contribution in [2.24, 2.45) is 5.16 Å². The summed E-state index contributed by atoms with van der Waals surface area (Å²) in [4.78, 5) is 5.53. The van der Waals surface area contributed by atoms with Crippen LogP contribution < -0.4 is 0 Å². The number of methoxy groups -OCH3 is 3. The number of rotatable bonds is 6. The van der Waals surface area contributed by atoms with Crippen LogP contribution in [-0.2, 0) is 30.0 Å². The topological polar surface area (TPSA) is 58.5 Å². The summed E-state index contributed by atoms with van der Waals surface area (Å²) in [5, 5.41) is 4.01. The molecule has 0 amide bonds. The second kappa shape index (κ2) is 11.5. The molecule has 1 heterocycles. The van der Waals surface area contributed by atoms with Crippen molar-refractivity contribution >= 4 is 6.21 Å². The summed E-state index contributed by atoms with van der Waals surface area (Å²) in [5.41, 5.74) is 1.25. The van der Waals surface area contributed by atoms with E-state index >= 15 is 0 Å². The van der Waals surface area contributed by atoms with E-state index < -0.39 is 24.1 Å². The van der Waals surface area contributed by atoms with Crippen LogP contribution in [0.4, 0.5) is 13.2 Å². The number of oxime groups is 1. The second-order valence-electron chi connectivity index (χ2n) is 7.60. The summed E-state index contributed by atoms with van der Waals surface area (Å²) in [6.45, 7) is 1.86. The van der Waals surface area contributed by atoms with Gasteiger partial charge in [0.1, 0.15) is 12.2 Å². The average molecular weight is 477 g/mol. The van der Waals surface area contributed by atoms with E-state index in [0.29, 0.717) is 11.1 Å². The van der Waals surface area contributed by atoms with Crippen LogP contribution in [-0.4, -0.2) is 58.2 Å². The van der Waals surface area contributed by atoms with Gasteiger partial charge in [0.15, 0.2) is 6.10 Å². The van der Waals surface area contributed by atoms with E-state index in [1.54, 1.807) is 38.5 Å². The summed E-state index contributed by atoms with van der Waals surface area (Å²) in [7, 11) is 4.69. The van der Waals surface area contributed by atoms with Gasteiger partial charge in [-0.15, -0.1) is 0 Å². The van der Waals surface area contributed by atoms with Crippen LogP contribution in [0.2, 0.25) is 0 Å². The minimum Gasteiger partial charge on any atom is -0.376 e. The van der Waals surface area contributed by atoms with Gasteiger partial charge in [0.25, 0.3) is 6.29 Å².